The molecule has 1 saturated heterocycles. The van der Waals surface area contributed by atoms with E-state index in [9.17, 15) is 13.2 Å². The molecule has 0 unspecified atom stereocenters. The number of hydrogen-bond donors (Lipinski definition) is 1. The molecule has 6 nitrogen and oxygen atoms in total. The average molecular weight is 362 g/mol. The Morgan fingerprint density at radius 3 is 2.72 bits per heavy atom. The van der Waals surface area contributed by atoms with Crippen molar-refractivity contribution in [2.75, 3.05) is 26.7 Å². The monoisotopic (exact) mass is 362 g/mol. The Morgan fingerprint density at radius 2 is 2.00 bits per heavy atom. The number of rotatable bonds is 6. The molecule has 134 valence electrons. The SMILES string of the molecule is CN(CC(=O)NC[C@@H]1CCCO1)S(=O)(=O)c1ccc2ccccc2c1. The number of hydrogen-bond acceptors (Lipinski definition) is 4. The van der Waals surface area contributed by atoms with Crippen LogP contribution < -0.4 is 5.32 Å². The Balaban J connectivity index is 1.66. The van der Waals surface area contributed by atoms with Crippen molar-refractivity contribution < 1.29 is 17.9 Å². The molecule has 0 spiro atoms. The molecule has 1 atom stereocenters. The van der Waals surface area contributed by atoms with Gasteiger partial charge in [-0.3, -0.25) is 4.79 Å². The third kappa shape index (κ3) is 4.18. The lowest BCUT2D eigenvalue weighted by molar-refractivity contribution is -0.121. The highest BCUT2D eigenvalue weighted by atomic mass is 32.2. The van der Waals surface area contributed by atoms with Crippen molar-refractivity contribution in [3.8, 4) is 0 Å². The Bertz CT molecular complexity index is 860. The van der Waals surface area contributed by atoms with Gasteiger partial charge in [0.2, 0.25) is 15.9 Å². The number of likely N-dealkylation sites (N-methyl/N-ethyl adjacent to an activating group) is 1. The number of fused-ring (bicyclic) bond motifs is 1. The van der Waals surface area contributed by atoms with Crippen molar-refractivity contribution in [3.63, 3.8) is 0 Å². The van der Waals surface area contributed by atoms with E-state index >= 15 is 0 Å². The minimum atomic E-state index is -3.72. The quantitative estimate of drug-likeness (QED) is 0.850. The smallest absolute Gasteiger partial charge is 0.243 e. The molecule has 1 heterocycles. The van der Waals surface area contributed by atoms with Crippen molar-refractivity contribution in [2.24, 2.45) is 0 Å². The molecular formula is C18H22N2O4S. The fourth-order valence-corrected chi connectivity index (χ4v) is 4.05. The summed E-state index contributed by atoms with van der Waals surface area (Å²) in [5.41, 5.74) is 0. The van der Waals surface area contributed by atoms with Crippen LogP contribution in [0.4, 0.5) is 0 Å². The molecule has 25 heavy (non-hydrogen) atoms. The van der Waals surface area contributed by atoms with Gasteiger partial charge < -0.3 is 10.1 Å². The largest absolute Gasteiger partial charge is 0.376 e. The van der Waals surface area contributed by atoms with Gasteiger partial charge in [-0.2, -0.15) is 4.31 Å². The van der Waals surface area contributed by atoms with E-state index in [0.717, 1.165) is 34.5 Å². The molecule has 7 heteroatoms. The van der Waals surface area contributed by atoms with Crippen LogP contribution in [0.5, 0.6) is 0 Å². The van der Waals surface area contributed by atoms with Gasteiger partial charge in [-0.05, 0) is 35.7 Å². The van der Waals surface area contributed by atoms with Crippen molar-refractivity contribution in [2.45, 2.75) is 23.8 Å². The number of nitrogens with one attached hydrogen (secondary N) is 1. The van der Waals surface area contributed by atoms with Crippen molar-refractivity contribution in [3.05, 3.63) is 42.5 Å². The van der Waals surface area contributed by atoms with Crippen molar-refractivity contribution in [1.29, 1.82) is 0 Å². The van der Waals surface area contributed by atoms with Gasteiger partial charge in [0, 0.05) is 20.2 Å². The second kappa shape index (κ2) is 7.51. The first kappa shape index (κ1) is 17.8. The normalized spacial score (nSPS) is 17.9. The highest BCUT2D eigenvalue weighted by Crippen LogP contribution is 2.21. The lowest BCUT2D eigenvalue weighted by atomic mass is 10.1. The molecule has 1 N–H and O–H groups in total. The van der Waals surface area contributed by atoms with Crippen LogP contribution in [0, 0.1) is 0 Å². The van der Waals surface area contributed by atoms with Crippen molar-refractivity contribution >= 4 is 26.7 Å². The molecule has 0 aromatic heterocycles. The number of carbonyl (C=O) groups excluding carboxylic acids is 1. The van der Waals surface area contributed by atoms with E-state index in [1.807, 2.05) is 24.3 Å². The van der Waals surface area contributed by atoms with Crippen LogP contribution in [0.15, 0.2) is 47.4 Å². The molecule has 1 aliphatic rings. The number of ether oxygens (including phenoxy) is 1. The third-order valence-corrected chi connectivity index (χ3v) is 6.15. The van der Waals surface area contributed by atoms with Crippen LogP contribution in [0.1, 0.15) is 12.8 Å². The number of sulfonamides is 1. The van der Waals surface area contributed by atoms with Crippen LogP contribution in [-0.4, -0.2) is 51.5 Å². The zero-order chi connectivity index (χ0) is 17.9. The summed E-state index contributed by atoms with van der Waals surface area (Å²) in [6.07, 6.45) is 1.95. The fourth-order valence-electron chi connectivity index (χ4n) is 2.88. The van der Waals surface area contributed by atoms with Gasteiger partial charge in [0.25, 0.3) is 0 Å². The summed E-state index contributed by atoms with van der Waals surface area (Å²) in [7, 11) is -2.31. The Kier molecular flexibility index (Phi) is 5.36. The minimum absolute atomic E-state index is 0.0337. The van der Waals surface area contributed by atoms with Gasteiger partial charge in [0.05, 0.1) is 17.5 Å². The second-order valence-corrected chi connectivity index (χ2v) is 8.25. The Hall–Kier alpha value is -1.96. The van der Waals surface area contributed by atoms with Gasteiger partial charge in [-0.15, -0.1) is 0 Å². The molecule has 3 rings (SSSR count). The minimum Gasteiger partial charge on any atom is -0.376 e. The summed E-state index contributed by atoms with van der Waals surface area (Å²) in [6, 6.07) is 12.5. The van der Waals surface area contributed by atoms with E-state index in [2.05, 4.69) is 5.32 Å². The molecule has 1 amide bonds. The highest BCUT2D eigenvalue weighted by molar-refractivity contribution is 7.89. The number of carbonyl (C=O) groups is 1. The van der Waals surface area contributed by atoms with Gasteiger partial charge in [0.15, 0.2) is 0 Å². The lowest BCUT2D eigenvalue weighted by Crippen LogP contribution is -2.40. The summed E-state index contributed by atoms with van der Waals surface area (Å²) in [5, 5.41) is 4.56. The molecule has 1 aliphatic heterocycles. The van der Waals surface area contributed by atoms with Crippen LogP contribution >= 0.6 is 0 Å². The maximum absolute atomic E-state index is 12.7. The maximum Gasteiger partial charge on any atom is 0.243 e. The van der Waals surface area contributed by atoms with E-state index in [0.29, 0.717) is 6.54 Å². The molecule has 0 bridgehead atoms. The Morgan fingerprint density at radius 1 is 1.24 bits per heavy atom. The van der Waals surface area contributed by atoms with E-state index in [-0.39, 0.29) is 23.5 Å². The highest BCUT2D eigenvalue weighted by Gasteiger charge is 2.24. The summed E-state index contributed by atoms with van der Waals surface area (Å²) in [4.78, 5) is 12.2. The van der Waals surface area contributed by atoms with Crippen molar-refractivity contribution in [1.82, 2.24) is 9.62 Å². The molecule has 0 saturated carbocycles. The first-order valence-electron chi connectivity index (χ1n) is 8.30. The van der Waals surface area contributed by atoms with Gasteiger partial charge in [-0.25, -0.2) is 8.42 Å². The number of nitrogens with zero attached hydrogens (tertiary/aromatic N) is 1. The molecule has 2 aromatic carbocycles. The molecular weight excluding hydrogens is 340 g/mol. The standard InChI is InChI=1S/C18H22N2O4S/c1-20(13-18(21)19-12-16-7-4-10-24-16)25(22,23)17-9-8-14-5-2-3-6-15(14)11-17/h2-3,5-6,8-9,11,16H,4,7,10,12-13H2,1H3,(H,19,21)/t16-/m0/s1. The van der Waals surface area contributed by atoms with Gasteiger partial charge >= 0.3 is 0 Å². The average Bonchev–Trinajstić information content (AvgIpc) is 3.13. The van der Waals surface area contributed by atoms with Gasteiger partial charge in [-0.1, -0.05) is 30.3 Å². The third-order valence-electron chi connectivity index (χ3n) is 4.35. The maximum atomic E-state index is 12.7. The summed E-state index contributed by atoms with van der Waals surface area (Å²) < 4.78 is 31.9. The van der Waals surface area contributed by atoms with Crippen LogP contribution in [0.3, 0.4) is 0 Å². The number of benzene rings is 2. The summed E-state index contributed by atoms with van der Waals surface area (Å²) in [6.45, 7) is 0.918. The number of amides is 1. The lowest BCUT2D eigenvalue weighted by Gasteiger charge is -2.18. The molecule has 0 aliphatic carbocycles. The van der Waals surface area contributed by atoms with Gasteiger partial charge in [0.1, 0.15) is 0 Å². The first-order chi connectivity index (χ1) is 12.0. The van der Waals surface area contributed by atoms with E-state index in [4.69, 9.17) is 4.74 Å². The predicted octanol–water partition coefficient (Wildman–Crippen LogP) is 1.76. The molecule has 1 fully saturated rings. The van der Waals surface area contributed by atoms with E-state index < -0.39 is 10.0 Å². The molecule has 0 radical (unpaired) electrons. The second-order valence-electron chi connectivity index (χ2n) is 6.21. The molecule has 2 aromatic rings. The van der Waals surface area contributed by atoms with E-state index in [1.54, 1.807) is 18.2 Å². The summed E-state index contributed by atoms with van der Waals surface area (Å²) >= 11 is 0. The van der Waals surface area contributed by atoms with E-state index in [1.165, 1.54) is 7.05 Å². The zero-order valence-electron chi connectivity index (χ0n) is 14.1. The first-order valence-corrected chi connectivity index (χ1v) is 9.74. The van der Waals surface area contributed by atoms with Crippen LogP contribution in [-0.2, 0) is 19.6 Å². The van der Waals surface area contributed by atoms with Crippen LogP contribution in [0.25, 0.3) is 10.8 Å². The summed E-state index contributed by atoms with van der Waals surface area (Å²) in [5.74, 6) is -0.331. The zero-order valence-corrected chi connectivity index (χ0v) is 15.0. The topological polar surface area (TPSA) is 75.7 Å². The predicted molar refractivity (Wildman–Crippen MR) is 95.7 cm³/mol. The fraction of sp³-hybridized carbons (Fsp3) is 0.389. The van der Waals surface area contributed by atoms with Crippen LogP contribution in [0.2, 0.25) is 0 Å². The Labute approximate surface area is 147 Å².